The number of hydrogen-bond acceptors (Lipinski definition) is 5. The van der Waals surface area contributed by atoms with Gasteiger partial charge in [0.05, 0.1) is 11.6 Å². The molecule has 174 valence electrons. The zero-order valence-corrected chi connectivity index (χ0v) is 19.3. The van der Waals surface area contributed by atoms with Gasteiger partial charge in [0, 0.05) is 24.3 Å². The molecule has 2 aromatic rings. The molecule has 0 aromatic heterocycles. The fraction of sp³-hybridized carbons (Fsp3) is 0.423. The average Bonchev–Trinajstić information content (AvgIpc) is 3.37. The quantitative estimate of drug-likeness (QED) is 0.560. The van der Waals surface area contributed by atoms with Gasteiger partial charge in [-0.15, -0.1) is 0 Å². The van der Waals surface area contributed by atoms with E-state index in [1.807, 2.05) is 19.1 Å². The number of nitrogens with zero attached hydrogens (tertiary/aromatic N) is 2. The van der Waals surface area contributed by atoms with Gasteiger partial charge in [0.25, 0.3) is 5.91 Å². The number of aliphatic carboxylic acids is 1. The van der Waals surface area contributed by atoms with Crippen LogP contribution in [0, 0.1) is 11.3 Å². The molecule has 0 aliphatic carbocycles. The standard InChI is InChI=1S/C26H31N3O4/c1-3-7-20-14-18(4-2)15-22(25(20)33-17-23(30)29-12-5-6-13-29)24(26(31)32)28-21-10-8-19(16-27)9-11-21/h8-11,14-15,24,28H,3-7,12-13,17H2,1-2H3,(H,31,32). The summed E-state index contributed by atoms with van der Waals surface area (Å²) in [5, 5.41) is 22.2. The van der Waals surface area contributed by atoms with E-state index in [0.29, 0.717) is 22.6 Å². The minimum absolute atomic E-state index is 0.0765. The summed E-state index contributed by atoms with van der Waals surface area (Å²) in [6.07, 6.45) is 4.33. The summed E-state index contributed by atoms with van der Waals surface area (Å²) in [4.78, 5) is 26.8. The molecule has 0 bridgehead atoms. The van der Waals surface area contributed by atoms with E-state index in [1.165, 1.54) is 0 Å². The van der Waals surface area contributed by atoms with Crippen LogP contribution in [0.2, 0.25) is 0 Å². The zero-order valence-electron chi connectivity index (χ0n) is 19.3. The highest BCUT2D eigenvalue weighted by atomic mass is 16.5. The highest BCUT2D eigenvalue weighted by molar-refractivity contribution is 5.81. The number of amides is 1. The largest absolute Gasteiger partial charge is 0.483 e. The first-order valence-electron chi connectivity index (χ1n) is 11.5. The number of benzene rings is 2. The smallest absolute Gasteiger partial charge is 0.330 e. The summed E-state index contributed by atoms with van der Waals surface area (Å²) in [5.41, 5.74) is 3.51. The Labute approximate surface area is 195 Å². The minimum Gasteiger partial charge on any atom is -0.483 e. The molecule has 1 aliphatic heterocycles. The third kappa shape index (κ3) is 6.04. The van der Waals surface area contributed by atoms with Crippen molar-refractivity contribution in [2.75, 3.05) is 25.0 Å². The predicted molar refractivity (Wildman–Crippen MR) is 126 cm³/mol. The second-order valence-corrected chi connectivity index (χ2v) is 8.26. The van der Waals surface area contributed by atoms with Crippen LogP contribution in [0.25, 0.3) is 0 Å². The maximum Gasteiger partial charge on any atom is 0.330 e. The van der Waals surface area contributed by atoms with E-state index in [4.69, 9.17) is 10.00 Å². The Morgan fingerprint density at radius 2 is 1.88 bits per heavy atom. The van der Waals surface area contributed by atoms with Crippen molar-refractivity contribution >= 4 is 17.6 Å². The van der Waals surface area contributed by atoms with Crippen molar-refractivity contribution in [1.82, 2.24) is 4.90 Å². The number of ether oxygens (including phenoxy) is 1. The molecule has 7 nitrogen and oxygen atoms in total. The molecular weight excluding hydrogens is 418 g/mol. The van der Waals surface area contributed by atoms with Crippen LogP contribution >= 0.6 is 0 Å². The third-order valence-corrected chi connectivity index (χ3v) is 5.86. The molecule has 0 radical (unpaired) electrons. The second-order valence-electron chi connectivity index (χ2n) is 8.26. The van der Waals surface area contributed by atoms with E-state index in [0.717, 1.165) is 56.3 Å². The third-order valence-electron chi connectivity index (χ3n) is 5.86. The van der Waals surface area contributed by atoms with E-state index in [9.17, 15) is 14.7 Å². The van der Waals surface area contributed by atoms with Crippen LogP contribution in [0.1, 0.15) is 61.4 Å². The molecule has 1 heterocycles. The minimum atomic E-state index is -1.07. The Hall–Kier alpha value is -3.53. The molecule has 0 saturated carbocycles. The summed E-state index contributed by atoms with van der Waals surface area (Å²) in [6, 6.07) is 11.5. The van der Waals surface area contributed by atoms with Crippen LogP contribution in [0.15, 0.2) is 36.4 Å². The highest BCUT2D eigenvalue weighted by Crippen LogP contribution is 2.34. The van der Waals surface area contributed by atoms with Gasteiger partial charge >= 0.3 is 5.97 Å². The maximum atomic E-state index is 12.6. The average molecular weight is 450 g/mol. The number of hydrogen-bond donors (Lipinski definition) is 2. The van der Waals surface area contributed by atoms with Crippen LogP contribution < -0.4 is 10.1 Å². The molecule has 2 aromatic carbocycles. The molecule has 2 N–H and O–H groups in total. The fourth-order valence-electron chi connectivity index (χ4n) is 4.10. The number of likely N-dealkylation sites (tertiary alicyclic amines) is 1. The number of rotatable bonds is 10. The summed E-state index contributed by atoms with van der Waals surface area (Å²) < 4.78 is 6.06. The van der Waals surface area contributed by atoms with Crippen LogP contribution in [-0.2, 0) is 22.4 Å². The van der Waals surface area contributed by atoms with Crippen LogP contribution in [0.4, 0.5) is 5.69 Å². The molecule has 33 heavy (non-hydrogen) atoms. The topological polar surface area (TPSA) is 103 Å². The van der Waals surface area contributed by atoms with Crippen LogP contribution in [0.5, 0.6) is 5.75 Å². The first kappa shape index (κ1) is 24.1. The Morgan fingerprint density at radius 3 is 2.45 bits per heavy atom. The summed E-state index contributed by atoms with van der Waals surface area (Å²) in [7, 11) is 0. The molecular formula is C26H31N3O4. The van der Waals surface area contributed by atoms with Gasteiger partial charge < -0.3 is 20.1 Å². The Morgan fingerprint density at radius 1 is 1.18 bits per heavy atom. The van der Waals surface area contributed by atoms with Crippen molar-refractivity contribution in [2.45, 2.75) is 52.0 Å². The first-order valence-corrected chi connectivity index (χ1v) is 11.5. The van der Waals surface area contributed by atoms with Gasteiger partial charge in [-0.2, -0.15) is 5.26 Å². The van der Waals surface area contributed by atoms with Crippen LogP contribution in [-0.4, -0.2) is 41.6 Å². The number of carbonyl (C=O) groups is 2. The summed E-state index contributed by atoms with van der Waals surface area (Å²) in [5.74, 6) is -0.659. The molecule has 7 heteroatoms. The first-order chi connectivity index (χ1) is 16.0. The monoisotopic (exact) mass is 449 g/mol. The number of carboxylic acids is 1. The molecule has 1 fully saturated rings. The maximum absolute atomic E-state index is 12.6. The van der Waals surface area contributed by atoms with Crippen molar-refractivity contribution in [3.05, 3.63) is 58.7 Å². The zero-order chi connectivity index (χ0) is 23.8. The molecule has 1 atom stereocenters. The van der Waals surface area contributed by atoms with Gasteiger partial charge in [-0.25, -0.2) is 4.79 Å². The SMILES string of the molecule is CCCc1cc(CC)cc(C(Nc2ccc(C#N)cc2)C(=O)O)c1OCC(=O)N1CCCC1. The Balaban J connectivity index is 1.97. The van der Waals surface area contributed by atoms with Gasteiger partial charge in [-0.1, -0.05) is 26.3 Å². The van der Waals surface area contributed by atoms with Crippen molar-refractivity contribution in [3.8, 4) is 11.8 Å². The number of carboxylic acid groups (broad SMARTS) is 1. The number of nitriles is 1. The van der Waals surface area contributed by atoms with Gasteiger partial charge in [0.2, 0.25) is 0 Å². The van der Waals surface area contributed by atoms with Gasteiger partial charge in [-0.05, 0) is 67.1 Å². The van der Waals surface area contributed by atoms with E-state index < -0.39 is 12.0 Å². The number of nitrogens with one attached hydrogen (secondary N) is 1. The van der Waals surface area contributed by atoms with Crippen molar-refractivity contribution < 1.29 is 19.4 Å². The van der Waals surface area contributed by atoms with Gasteiger partial charge in [0.15, 0.2) is 12.6 Å². The van der Waals surface area contributed by atoms with Crippen molar-refractivity contribution in [3.63, 3.8) is 0 Å². The molecule has 3 rings (SSSR count). The number of aryl methyl sites for hydroxylation is 2. The lowest BCUT2D eigenvalue weighted by molar-refractivity contribution is -0.138. The van der Waals surface area contributed by atoms with Gasteiger partial charge in [0.1, 0.15) is 5.75 Å². The van der Waals surface area contributed by atoms with Crippen LogP contribution in [0.3, 0.4) is 0 Å². The van der Waals surface area contributed by atoms with E-state index >= 15 is 0 Å². The lowest BCUT2D eigenvalue weighted by Crippen LogP contribution is -2.32. The second kappa shape index (κ2) is 11.4. The lowest BCUT2D eigenvalue weighted by atomic mass is 9.95. The fourth-order valence-corrected chi connectivity index (χ4v) is 4.10. The summed E-state index contributed by atoms with van der Waals surface area (Å²) >= 11 is 0. The van der Waals surface area contributed by atoms with Gasteiger partial charge in [-0.3, -0.25) is 4.79 Å². The molecule has 1 aliphatic rings. The Kier molecular flexibility index (Phi) is 8.31. The number of carbonyl (C=O) groups excluding carboxylic acids is 1. The highest BCUT2D eigenvalue weighted by Gasteiger charge is 2.27. The summed E-state index contributed by atoms with van der Waals surface area (Å²) in [6.45, 7) is 5.45. The molecule has 1 amide bonds. The normalized spacial score (nSPS) is 13.9. The van der Waals surface area contributed by atoms with E-state index in [1.54, 1.807) is 29.2 Å². The predicted octanol–water partition coefficient (Wildman–Crippen LogP) is 4.31. The van der Waals surface area contributed by atoms with Crippen molar-refractivity contribution in [1.29, 1.82) is 5.26 Å². The molecule has 1 unspecified atom stereocenters. The number of anilines is 1. The molecule has 1 saturated heterocycles. The molecule has 0 spiro atoms. The lowest BCUT2D eigenvalue weighted by Gasteiger charge is -2.24. The van der Waals surface area contributed by atoms with E-state index in [2.05, 4.69) is 18.3 Å². The Bertz CT molecular complexity index is 1020. The van der Waals surface area contributed by atoms with Crippen molar-refractivity contribution in [2.24, 2.45) is 0 Å². The van der Waals surface area contributed by atoms with E-state index in [-0.39, 0.29) is 12.5 Å².